The molecule has 0 fully saturated rings. The molecule has 560 valence electrons. The fraction of sp³-hybridized carbons (Fsp3) is 0.540. The van der Waals surface area contributed by atoms with E-state index in [1.807, 2.05) is 0 Å². The van der Waals surface area contributed by atoms with Crippen LogP contribution < -0.4 is 41.5 Å². The van der Waals surface area contributed by atoms with Crippen LogP contribution in [0.1, 0.15) is 456 Å². The molecule has 0 radical (unpaired) electrons. The van der Waals surface area contributed by atoms with Crippen molar-refractivity contribution in [3.63, 3.8) is 0 Å². The van der Waals surface area contributed by atoms with Crippen LogP contribution in [0.15, 0.2) is 109 Å². The van der Waals surface area contributed by atoms with Gasteiger partial charge < -0.3 is 0 Å². The van der Waals surface area contributed by atoms with Crippen molar-refractivity contribution < 1.29 is 0 Å². The Morgan fingerprint density at radius 1 is 0.144 bits per heavy atom. The molecule has 8 rings (SSSR count). The Bertz CT molecular complexity index is 3840. The molecule has 0 nitrogen and oxygen atoms in total. The molecule has 0 heterocycles. The molecular weight excluding hydrogens is 1310 g/mol. The van der Waals surface area contributed by atoms with Crippen molar-refractivity contribution in [2.45, 2.75) is 356 Å². The van der Waals surface area contributed by atoms with Crippen LogP contribution in [-0.4, -0.2) is 31.6 Å². The minimum absolute atomic E-state index is 0.336. The molecule has 0 N–H and O–H groups in total. The lowest BCUT2D eigenvalue weighted by Crippen LogP contribution is -2.57. The fourth-order valence-corrected chi connectivity index (χ4v) is 41.0. The molecule has 0 aromatic heterocycles. The Morgan fingerprint density at radius 3 is 0.385 bits per heavy atom. The zero-order valence-corrected chi connectivity index (χ0v) is 76.8. The summed E-state index contributed by atoms with van der Waals surface area (Å²) in [7, 11) is -7.02. The third-order valence-corrected chi connectivity index (χ3v) is 41.7. The summed E-state index contributed by atoms with van der Waals surface area (Å²) in [4.78, 5) is 0. The number of rotatable bonds is 26. The zero-order chi connectivity index (χ0) is 77.6. The fourth-order valence-electron chi connectivity index (χ4n) is 16.6. The quantitative estimate of drug-likeness (QED) is 0.0474. The zero-order valence-electron chi connectivity index (χ0n) is 72.8. The minimum atomic E-state index is -1.76. The van der Waals surface area contributed by atoms with E-state index in [2.05, 4.69) is 358 Å². The van der Waals surface area contributed by atoms with Crippen LogP contribution in [0.5, 0.6) is 0 Å². The second-order valence-electron chi connectivity index (χ2n) is 37.5. The van der Waals surface area contributed by atoms with Crippen molar-refractivity contribution in [3.05, 3.63) is 209 Å². The van der Waals surface area contributed by atoms with E-state index in [-0.39, 0.29) is 0 Å². The average molecular weight is 1460 g/mol. The first kappa shape index (κ1) is 84.5. The molecule has 0 unspecified atom stereocenters. The highest BCUT2D eigenvalue weighted by Crippen LogP contribution is 2.36. The smallest absolute Gasteiger partial charge is 0.0588 e. The van der Waals surface area contributed by atoms with Gasteiger partial charge in [-0.2, -0.15) is 0 Å². The van der Waals surface area contributed by atoms with Crippen LogP contribution in [0.25, 0.3) is 10.8 Å². The van der Waals surface area contributed by atoms with Crippen LogP contribution in [0, 0.1) is 0 Å². The number of hydrogen-bond donors (Lipinski definition) is 0. The lowest BCUT2D eigenvalue weighted by atomic mass is 9.89. The number of benzene rings is 8. The predicted octanol–water partition coefficient (Wildman–Crippen LogP) is 25.1. The standard InChI is InChI=1S/C100H144Si4/c1-55(2)75-43-83(61(13)14)95(84(44-75)62(15)16)101(103(97-87(65(21)22)47-77(57(5)6)48-88(97)66(23)24)98-89(67(25)26)49-78(58(7)8)50-90(98)68(27)28)81-39-37-74-42-82(40-38-73(74)41-81)102(96-85(63(17)18)45-76(56(3)4)46-86(96)64(19)20)104(99-91(69(29)30)51-79(59(9)10)52-92(99)70(31)32)100-93(71(33)34)53-80(60(11)12)54-94(100)72(35)36/h37-72H,1-36H3. The Labute approximate surface area is 644 Å². The van der Waals surface area contributed by atoms with Gasteiger partial charge in [0.25, 0.3) is 0 Å². The van der Waals surface area contributed by atoms with Crippen molar-refractivity contribution in [2.24, 2.45) is 0 Å². The molecule has 0 saturated carbocycles. The molecule has 0 aliphatic rings. The molecule has 0 bridgehead atoms. The van der Waals surface area contributed by atoms with Gasteiger partial charge in [-0.05, 0) is 259 Å². The SMILES string of the molecule is CC(C)c1cc(C(C)C)c([Si](c2ccc3cc([Si](c4c(C(C)C)cc(C(C)C)cc4C(C)C)=[Si](c4c(C(C)C)cc(C(C)C)cc4C(C)C)c4c(C(C)C)cc(C(C)C)cc4C(C)C)ccc3c2)=[Si](c2c(C(C)C)cc(C(C)C)cc2C(C)C)c2c(C(C)C)cc(C(C)C)cc2C(C)C)c(C(C)C)c1. The summed E-state index contributed by atoms with van der Waals surface area (Å²) in [5.74, 6) is 6.60. The first-order valence-corrected chi connectivity index (χ1v) is 49.6. The van der Waals surface area contributed by atoms with Crippen LogP contribution in [-0.2, 0) is 0 Å². The molecule has 8 aromatic carbocycles. The van der Waals surface area contributed by atoms with E-state index in [1.54, 1.807) is 108 Å². The van der Waals surface area contributed by atoms with Crippen LogP contribution >= 0.6 is 0 Å². The normalized spacial score (nSPS) is 12.6. The Morgan fingerprint density at radius 2 is 0.269 bits per heavy atom. The summed E-state index contributed by atoms with van der Waals surface area (Å²) in [6, 6.07) is 49.0. The van der Waals surface area contributed by atoms with Crippen LogP contribution in [0.2, 0.25) is 0 Å². The third-order valence-electron chi connectivity index (χ3n) is 23.2. The van der Waals surface area contributed by atoms with Crippen molar-refractivity contribution in [1.29, 1.82) is 0 Å². The molecule has 0 amide bonds. The molecule has 4 heteroatoms. The van der Waals surface area contributed by atoms with E-state index in [9.17, 15) is 0 Å². The maximum atomic E-state index is 2.81. The molecule has 0 atom stereocenters. The van der Waals surface area contributed by atoms with Gasteiger partial charge in [0.05, 0.1) is 31.6 Å². The molecule has 8 aromatic rings. The van der Waals surface area contributed by atoms with Gasteiger partial charge in [-0.1, -0.05) is 358 Å². The highest BCUT2D eigenvalue weighted by Gasteiger charge is 2.37. The largest absolute Gasteiger partial charge is 0.0701 e. The van der Waals surface area contributed by atoms with Crippen LogP contribution in [0.3, 0.4) is 0 Å². The van der Waals surface area contributed by atoms with Gasteiger partial charge in [0.2, 0.25) is 0 Å². The van der Waals surface area contributed by atoms with E-state index in [4.69, 9.17) is 0 Å². The van der Waals surface area contributed by atoms with Gasteiger partial charge in [-0.15, -0.1) is 0 Å². The van der Waals surface area contributed by atoms with Gasteiger partial charge in [-0.25, -0.2) is 0 Å². The summed E-state index contributed by atoms with van der Waals surface area (Å²) in [5, 5.41) is 16.2. The van der Waals surface area contributed by atoms with E-state index in [1.165, 1.54) is 44.2 Å². The summed E-state index contributed by atoms with van der Waals surface area (Å²) >= 11 is 0. The summed E-state index contributed by atoms with van der Waals surface area (Å²) in [5.41, 5.74) is 27.9. The minimum Gasteiger partial charge on any atom is -0.0588 e. The predicted molar refractivity (Wildman–Crippen MR) is 476 cm³/mol. The molecule has 0 aliphatic heterocycles. The highest BCUT2D eigenvalue weighted by molar-refractivity contribution is 7.20. The lowest BCUT2D eigenvalue weighted by molar-refractivity contribution is 0.809. The highest BCUT2D eigenvalue weighted by atomic mass is 28.9. The Kier molecular flexibility index (Phi) is 28.1. The molecule has 0 aliphatic carbocycles. The molecule has 0 saturated heterocycles. The van der Waals surface area contributed by atoms with Gasteiger partial charge in [0.1, 0.15) is 0 Å². The van der Waals surface area contributed by atoms with E-state index in [0.717, 1.165) is 0 Å². The summed E-state index contributed by atoms with van der Waals surface area (Å²) < 4.78 is 0. The molecular formula is C100H144Si4. The van der Waals surface area contributed by atoms with Gasteiger partial charge >= 0.3 is 0 Å². The van der Waals surface area contributed by atoms with E-state index < -0.39 is 31.6 Å². The maximum absolute atomic E-state index is 2.81. The molecule has 104 heavy (non-hydrogen) atoms. The molecule has 0 spiro atoms. The summed E-state index contributed by atoms with van der Waals surface area (Å²) in [6.07, 6.45) is 0. The maximum Gasteiger partial charge on any atom is 0.0701 e. The van der Waals surface area contributed by atoms with Gasteiger partial charge in [-0.3, -0.25) is 0 Å². The second kappa shape index (κ2) is 34.6. The summed E-state index contributed by atoms with van der Waals surface area (Å²) in [6.45, 7) is 89.7. The topological polar surface area (TPSA) is 0 Å². The monoisotopic (exact) mass is 1460 g/mol. The lowest BCUT2D eigenvalue weighted by Gasteiger charge is -2.33. The first-order valence-electron chi connectivity index (χ1n) is 41.6. The van der Waals surface area contributed by atoms with E-state index in [0.29, 0.717) is 107 Å². The second-order valence-corrected chi connectivity index (χ2v) is 50.7. The van der Waals surface area contributed by atoms with Gasteiger partial charge in [0, 0.05) is 0 Å². The van der Waals surface area contributed by atoms with Crippen molar-refractivity contribution >= 4 is 83.8 Å². The first-order chi connectivity index (χ1) is 48.5. The Hall–Kier alpha value is -5.11. The van der Waals surface area contributed by atoms with Crippen LogP contribution in [0.4, 0.5) is 0 Å². The number of hydrogen-bond acceptors (Lipinski definition) is 0. The van der Waals surface area contributed by atoms with Crippen molar-refractivity contribution in [1.82, 2.24) is 0 Å². The van der Waals surface area contributed by atoms with Crippen molar-refractivity contribution in [3.8, 4) is 0 Å². The third kappa shape index (κ3) is 17.6. The average Bonchev–Trinajstić information content (AvgIpc) is 0.727. The Balaban J connectivity index is 1.78. The van der Waals surface area contributed by atoms with Crippen molar-refractivity contribution in [2.75, 3.05) is 0 Å². The number of fused-ring (bicyclic) bond motifs is 1. The van der Waals surface area contributed by atoms with Gasteiger partial charge in [0.15, 0.2) is 0 Å². The van der Waals surface area contributed by atoms with E-state index >= 15 is 0 Å².